The molecule has 0 saturated heterocycles. The van der Waals surface area contributed by atoms with Gasteiger partial charge in [-0.05, 0) is 30.3 Å². The Morgan fingerprint density at radius 2 is 1.83 bits per heavy atom. The summed E-state index contributed by atoms with van der Waals surface area (Å²) in [4.78, 5) is 10.6. The molecule has 0 atom stereocenters. The van der Waals surface area contributed by atoms with Crippen LogP contribution in [0.3, 0.4) is 0 Å². The minimum atomic E-state index is -4.52. The van der Waals surface area contributed by atoms with Gasteiger partial charge in [-0.3, -0.25) is 9.52 Å². The molecule has 24 heavy (non-hydrogen) atoms. The highest BCUT2D eigenvalue weighted by molar-refractivity contribution is 7.92. The molecule has 1 heterocycles. The fourth-order valence-corrected chi connectivity index (χ4v) is 3.37. The Morgan fingerprint density at radius 1 is 1.12 bits per heavy atom. The molecule has 0 aliphatic heterocycles. The van der Waals surface area contributed by atoms with Crippen molar-refractivity contribution in [1.29, 1.82) is 0 Å². The molecule has 0 radical (unpaired) electrons. The molecular weight excluding hydrogens is 342 g/mol. The number of fused-ring (bicyclic) bond motifs is 1. The van der Waals surface area contributed by atoms with E-state index < -0.39 is 38.2 Å². The van der Waals surface area contributed by atoms with Gasteiger partial charge in [0.25, 0.3) is 15.9 Å². The first kappa shape index (κ1) is 15.9. The number of sulfonamides is 1. The molecular formula is C15H10F2N2O4S. The maximum absolute atomic E-state index is 13.8. The number of benzene rings is 2. The van der Waals surface area contributed by atoms with E-state index in [4.69, 9.17) is 10.2 Å². The second-order valence-corrected chi connectivity index (χ2v) is 6.50. The van der Waals surface area contributed by atoms with Crippen LogP contribution >= 0.6 is 0 Å². The van der Waals surface area contributed by atoms with Gasteiger partial charge in [0.1, 0.15) is 27.8 Å². The van der Waals surface area contributed by atoms with Crippen LogP contribution in [0.1, 0.15) is 10.6 Å². The number of anilines is 1. The molecule has 0 unspecified atom stereocenters. The summed E-state index contributed by atoms with van der Waals surface area (Å²) in [6.07, 6.45) is 0. The van der Waals surface area contributed by atoms with E-state index in [-0.39, 0.29) is 16.7 Å². The predicted octanol–water partition coefficient (Wildman–Crippen LogP) is 2.61. The van der Waals surface area contributed by atoms with Gasteiger partial charge in [-0.1, -0.05) is 12.1 Å². The molecule has 1 aromatic heterocycles. The molecule has 3 aromatic rings. The normalized spacial score (nSPS) is 11.6. The fourth-order valence-electron chi connectivity index (χ4n) is 2.19. The Morgan fingerprint density at radius 3 is 2.54 bits per heavy atom. The summed E-state index contributed by atoms with van der Waals surface area (Å²) in [5.41, 5.74) is 5.17. The third kappa shape index (κ3) is 2.69. The van der Waals surface area contributed by atoms with Gasteiger partial charge in [-0.15, -0.1) is 0 Å². The lowest BCUT2D eigenvalue weighted by Crippen LogP contribution is -2.18. The summed E-state index contributed by atoms with van der Waals surface area (Å²) >= 11 is 0. The van der Waals surface area contributed by atoms with Crippen molar-refractivity contribution < 1.29 is 26.4 Å². The van der Waals surface area contributed by atoms with Crippen molar-refractivity contribution in [2.24, 2.45) is 5.73 Å². The number of carbonyl (C=O) groups is 1. The lowest BCUT2D eigenvalue weighted by Gasteiger charge is -2.08. The predicted molar refractivity (Wildman–Crippen MR) is 81.9 cm³/mol. The molecule has 0 aliphatic rings. The number of carbonyl (C=O) groups excluding carboxylic acids is 1. The average molecular weight is 352 g/mol. The maximum atomic E-state index is 13.8. The van der Waals surface area contributed by atoms with Crippen molar-refractivity contribution in [1.82, 2.24) is 0 Å². The van der Waals surface area contributed by atoms with E-state index in [1.165, 1.54) is 12.1 Å². The molecule has 0 bridgehead atoms. The highest BCUT2D eigenvalue weighted by atomic mass is 32.2. The Hall–Kier alpha value is -2.94. The van der Waals surface area contributed by atoms with Crippen LogP contribution in [0.5, 0.6) is 0 Å². The molecule has 0 saturated carbocycles. The second kappa shape index (κ2) is 5.60. The number of nitrogens with one attached hydrogen (secondary N) is 1. The van der Waals surface area contributed by atoms with E-state index in [0.29, 0.717) is 12.1 Å². The molecule has 0 fully saturated rings. The standard InChI is InChI=1S/C15H10F2N2O4S/c16-8-5-6-10(17)12(7-8)24(21,22)19-13-9-3-1-2-4-11(9)23-14(13)15(18)20/h1-7,19H,(H2,18,20). The SMILES string of the molecule is NC(=O)c1oc2ccccc2c1NS(=O)(=O)c1cc(F)ccc1F. The largest absolute Gasteiger partial charge is 0.449 e. The average Bonchev–Trinajstić information content (AvgIpc) is 2.88. The van der Waals surface area contributed by atoms with Crippen molar-refractivity contribution in [3.63, 3.8) is 0 Å². The van der Waals surface area contributed by atoms with Crippen molar-refractivity contribution in [3.05, 3.63) is 59.9 Å². The van der Waals surface area contributed by atoms with E-state index >= 15 is 0 Å². The highest BCUT2D eigenvalue weighted by Crippen LogP contribution is 2.32. The maximum Gasteiger partial charge on any atom is 0.286 e. The summed E-state index contributed by atoms with van der Waals surface area (Å²) in [5.74, 6) is -3.51. The van der Waals surface area contributed by atoms with Gasteiger partial charge < -0.3 is 10.2 Å². The molecule has 9 heteroatoms. The topological polar surface area (TPSA) is 102 Å². The first-order chi connectivity index (χ1) is 11.3. The second-order valence-electron chi connectivity index (χ2n) is 4.85. The van der Waals surface area contributed by atoms with Crippen molar-refractivity contribution in [2.45, 2.75) is 4.90 Å². The number of halogens is 2. The van der Waals surface area contributed by atoms with E-state index in [0.717, 1.165) is 6.07 Å². The zero-order valence-corrected chi connectivity index (χ0v) is 12.7. The molecule has 3 rings (SSSR count). The summed E-state index contributed by atoms with van der Waals surface area (Å²) < 4.78 is 59.1. The molecule has 3 N–H and O–H groups in total. The number of para-hydroxylation sites is 1. The molecule has 1 amide bonds. The minimum absolute atomic E-state index is 0.212. The van der Waals surface area contributed by atoms with Crippen LogP contribution in [0.25, 0.3) is 11.0 Å². The van der Waals surface area contributed by atoms with Crippen LogP contribution in [-0.4, -0.2) is 14.3 Å². The lowest BCUT2D eigenvalue weighted by molar-refractivity contribution is 0.0977. The quantitative estimate of drug-likeness (QED) is 0.753. The Balaban J connectivity index is 2.17. The van der Waals surface area contributed by atoms with Gasteiger partial charge in [-0.2, -0.15) is 0 Å². The number of hydrogen-bond donors (Lipinski definition) is 2. The number of rotatable bonds is 4. The third-order valence-electron chi connectivity index (χ3n) is 3.24. The van der Waals surface area contributed by atoms with Gasteiger partial charge in [-0.25, -0.2) is 17.2 Å². The summed E-state index contributed by atoms with van der Waals surface area (Å²) in [7, 11) is -4.52. The molecule has 0 aliphatic carbocycles. The van der Waals surface area contributed by atoms with E-state index in [1.54, 1.807) is 12.1 Å². The van der Waals surface area contributed by atoms with Crippen LogP contribution in [0.4, 0.5) is 14.5 Å². The van der Waals surface area contributed by atoms with Crippen LogP contribution in [0.2, 0.25) is 0 Å². The Kier molecular flexibility index (Phi) is 3.72. The van der Waals surface area contributed by atoms with Crippen LogP contribution in [0.15, 0.2) is 51.8 Å². The highest BCUT2D eigenvalue weighted by Gasteiger charge is 2.26. The lowest BCUT2D eigenvalue weighted by atomic mass is 10.2. The molecule has 124 valence electrons. The van der Waals surface area contributed by atoms with Crippen LogP contribution in [-0.2, 0) is 10.0 Å². The minimum Gasteiger partial charge on any atom is -0.449 e. The van der Waals surface area contributed by atoms with Gasteiger partial charge in [0.2, 0.25) is 5.76 Å². The van der Waals surface area contributed by atoms with E-state index in [1.807, 2.05) is 4.72 Å². The van der Waals surface area contributed by atoms with Crippen molar-refractivity contribution >= 4 is 32.6 Å². The van der Waals surface area contributed by atoms with Gasteiger partial charge in [0.15, 0.2) is 0 Å². The van der Waals surface area contributed by atoms with Gasteiger partial charge in [0, 0.05) is 5.39 Å². The number of nitrogens with two attached hydrogens (primary N) is 1. The monoisotopic (exact) mass is 352 g/mol. The molecule has 6 nitrogen and oxygen atoms in total. The summed E-state index contributed by atoms with van der Waals surface area (Å²) in [5, 5.41) is 0.256. The van der Waals surface area contributed by atoms with Crippen molar-refractivity contribution in [3.8, 4) is 0 Å². The zero-order chi connectivity index (χ0) is 17.5. The number of primary amides is 1. The number of hydrogen-bond acceptors (Lipinski definition) is 4. The van der Waals surface area contributed by atoms with E-state index in [2.05, 4.69) is 0 Å². The first-order valence-electron chi connectivity index (χ1n) is 6.59. The number of amides is 1. The van der Waals surface area contributed by atoms with E-state index in [9.17, 15) is 22.0 Å². The third-order valence-corrected chi connectivity index (χ3v) is 4.60. The Bertz CT molecular complexity index is 1060. The van der Waals surface area contributed by atoms with Gasteiger partial charge >= 0.3 is 0 Å². The molecule has 2 aromatic carbocycles. The van der Waals surface area contributed by atoms with Crippen LogP contribution < -0.4 is 10.5 Å². The molecule has 0 spiro atoms. The first-order valence-corrected chi connectivity index (χ1v) is 8.07. The van der Waals surface area contributed by atoms with Gasteiger partial charge in [0.05, 0.1) is 0 Å². The summed E-state index contributed by atoms with van der Waals surface area (Å²) in [6.45, 7) is 0. The zero-order valence-electron chi connectivity index (χ0n) is 11.9. The fraction of sp³-hybridized carbons (Fsp3) is 0. The van der Waals surface area contributed by atoms with Crippen molar-refractivity contribution in [2.75, 3.05) is 4.72 Å². The Labute approximate surface area is 134 Å². The smallest absolute Gasteiger partial charge is 0.286 e. The van der Waals surface area contributed by atoms with Crippen LogP contribution in [0, 0.1) is 11.6 Å². The number of furan rings is 1. The summed E-state index contributed by atoms with van der Waals surface area (Å²) in [6, 6.07) is 8.20.